The van der Waals surface area contributed by atoms with Gasteiger partial charge in [0.05, 0.1) is 21.4 Å². The van der Waals surface area contributed by atoms with E-state index in [9.17, 15) is 4.79 Å². The van der Waals surface area contributed by atoms with Gasteiger partial charge in [-0.1, -0.05) is 11.3 Å². The summed E-state index contributed by atoms with van der Waals surface area (Å²) in [7, 11) is -0.269. The van der Waals surface area contributed by atoms with Crippen molar-refractivity contribution in [2.45, 2.75) is 13.8 Å². The van der Waals surface area contributed by atoms with Crippen LogP contribution >= 0.6 is 0 Å². The molecule has 0 N–H and O–H groups in total. The van der Waals surface area contributed by atoms with Crippen LogP contribution in [0.15, 0.2) is 40.5 Å². The smallest absolute Gasteiger partial charge is 0.240 e. The van der Waals surface area contributed by atoms with E-state index in [1.165, 1.54) is 11.7 Å². The maximum absolute atomic E-state index is 10.0. The standard InChI is InChI=1S/C12H15NO2Si/c1-10(2)7-16-9-15-12-5-3-11(4-6-12)13-8-14/h3-7H,9,16H2,1-2H3. The van der Waals surface area contributed by atoms with Crippen LogP contribution in [0.5, 0.6) is 5.75 Å². The summed E-state index contributed by atoms with van der Waals surface area (Å²) in [6.45, 7) is 4.19. The monoisotopic (exact) mass is 233 g/mol. The zero-order chi connectivity index (χ0) is 11.8. The third kappa shape index (κ3) is 4.73. The molecule has 0 atom stereocenters. The molecule has 1 aromatic rings. The number of rotatable bonds is 5. The van der Waals surface area contributed by atoms with Gasteiger partial charge in [0.2, 0.25) is 6.08 Å². The highest BCUT2D eigenvalue weighted by atomic mass is 28.2. The molecule has 0 heterocycles. The van der Waals surface area contributed by atoms with Gasteiger partial charge in [0.1, 0.15) is 5.75 Å². The Labute approximate surface area is 97.7 Å². The van der Waals surface area contributed by atoms with E-state index in [0.29, 0.717) is 5.69 Å². The Morgan fingerprint density at radius 3 is 2.69 bits per heavy atom. The largest absolute Gasteiger partial charge is 0.498 e. The zero-order valence-electron chi connectivity index (χ0n) is 9.56. The lowest BCUT2D eigenvalue weighted by atomic mass is 10.3. The number of carbonyl (C=O) groups excluding carboxylic acids is 1. The molecule has 1 rings (SSSR count). The van der Waals surface area contributed by atoms with Gasteiger partial charge in [-0.25, -0.2) is 4.79 Å². The predicted molar refractivity (Wildman–Crippen MR) is 67.7 cm³/mol. The maximum atomic E-state index is 10.0. The fourth-order valence-corrected chi connectivity index (χ4v) is 2.24. The van der Waals surface area contributed by atoms with Crippen LogP contribution in [-0.4, -0.2) is 21.8 Å². The van der Waals surface area contributed by atoms with Crippen LogP contribution in [-0.2, 0) is 4.79 Å². The molecule has 0 saturated carbocycles. The number of hydrogen-bond acceptors (Lipinski definition) is 3. The molecule has 0 radical (unpaired) electrons. The molecule has 0 aromatic heterocycles. The zero-order valence-corrected chi connectivity index (χ0v) is 11.0. The average Bonchev–Trinajstić information content (AvgIpc) is 2.27. The topological polar surface area (TPSA) is 38.7 Å². The Morgan fingerprint density at radius 2 is 2.12 bits per heavy atom. The Hall–Kier alpha value is -1.64. The fraction of sp³-hybridized carbons (Fsp3) is 0.250. The van der Waals surface area contributed by atoms with Crippen molar-refractivity contribution in [3.8, 4) is 5.75 Å². The first kappa shape index (κ1) is 12.4. The highest BCUT2D eigenvalue weighted by Gasteiger charge is 1.93. The molecule has 0 aliphatic carbocycles. The first-order valence-electron chi connectivity index (χ1n) is 5.16. The fourth-order valence-electron chi connectivity index (χ4n) is 1.19. The first-order valence-corrected chi connectivity index (χ1v) is 6.98. The lowest BCUT2D eigenvalue weighted by Crippen LogP contribution is -2.04. The molecule has 0 spiro atoms. The van der Waals surface area contributed by atoms with Crippen molar-refractivity contribution in [1.82, 2.24) is 0 Å². The Morgan fingerprint density at radius 1 is 1.44 bits per heavy atom. The van der Waals surface area contributed by atoms with E-state index in [0.717, 1.165) is 12.0 Å². The third-order valence-corrected chi connectivity index (χ3v) is 3.50. The maximum Gasteiger partial charge on any atom is 0.240 e. The van der Waals surface area contributed by atoms with Crippen LogP contribution in [0, 0.1) is 0 Å². The molecule has 0 saturated heterocycles. The number of allylic oxidation sites excluding steroid dienone is 1. The third-order valence-electron chi connectivity index (χ3n) is 1.95. The molecular weight excluding hydrogens is 218 g/mol. The Bertz CT molecular complexity index is 402. The summed E-state index contributed by atoms with van der Waals surface area (Å²) >= 11 is 0. The summed E-state index contributed by atoms with van der Waals surface area (Å²) in [4.78, 5) is 13.5. The van der Waals surface area contributed by atoms with E-state index in [2.05, 4.69) is 24.5 Å². The molecule has 3 nitrogen and oxygen atoms in total. The van der Waals surface area contributed by atoms with Gasteiger partial charge in [-0.2, -0.15) is 4.99 Å². The Kier molecular flexibility index (Phi) is 5.26. The number of ether oxygens (including phenoxy) is 1. The van der Waals surface area contributed by atoms with Crippen LogP contribution in [0.25, 0.3) is 0 Å². The van der Waals surface area contributed by atoms with Crippen molar-refractivity contribution in [2.75, 3.05) is 6.23 Å². The molecule has 0 aliphatic heterocycles. The molecule has 0 unspecified atom stereocenters. The van der Waals surface area contributed by atoms with Gasteiger partial charge in [-0.15, -0.1) is 0 Å². The lowest BCUT2D eigenvalue weighted by molar-refractivity contribution is 0.385. The summed E-state index contributed by atoms with van der Waals surface area (Å²) in [5.41, 5.74) is 4.22. The average molecular weight is 233 g/mol. The van der Waals surface area contributed by atoms with Crippen molar-refractivity contribution >= 4 is 21.3 Å². The molecule has 1 aromatic carbocycles. The van der Waals surface area contributed by atoms with Gasteiger partial charge in [-0.05, 0) is 38.1 Å². The van der Waals surface area contributed by atoms with E-state index in [4.69, 9.17) is 4.74 Å². The molecule has 4 heteroatoms. The second-order valence-corrected chi connectivity index (χ2v) is 5.01. The van der Waals surface area contributed by atoms with Crippen molar-refractivity contribution < 1.29 is 9.53 Å². The minimum Gasteiger partial charge on any atom is -0.498 e. The van der Waals surface area contributed by atoms with Crippen LogP contribution in [0.1, 0.15) is 13.8 Å². The number of isocyanates is 1. The second kappa shape index (κ2) is 6.77. The van der Waals surface area contributed by atoms with E-state index in [1.54, 1.807) is 12.1 Å². The predicted octanol–water partition coefficient (Wildman–Crippen LogP) is 2.08. The molecular formula is C12H15NO2Si. The molecule has 16 heavy (non-hydrogen) atoms. The SMILES string of the molecule is CC(C)=C[SiH2]COc1ccc(N=C=O)cc1. The van der Waals surface area contributed by atoms with E-state index in [-0.39, 0.29) is 9.52 Å². The van der Waals surface area contributed by atoms with Crippen molar-refractivity contribution in [1.29, 1.82) is 0 Å². The van der Waals surface area contributed by atoms with Gasteiger partial charge in [0, 0.05) is 0 Å². The van der Waals surface area contributed by atoms with Crippen LogP contribution < -0.4 is 4.74 Å². The number of nitrogens with zero attached hydrogens (tertiary/aromatic N) is 1. The van der Waals surface area contributed by atoms with Gasteiger partial charge in [0.15, 0.2) is 0 Å². The molecule has 0 bridgehead atoms. The van der Waals surface area contributed by atoms with Crippen LogP contribution in [0.4, 0.5) is 5.69 Å². The van der Waals surface area contributed by atoms with Gasteiger partial charge in [-0.3, -0.25) is 0 Å². The molecule has 0 aliphatic rings. The van der Waals surface area contributed by atoms with Crippen LogP contribution in [0.3, 0.4) is 0 Å². The second-order valence-electron chi connectivity index (χ2n) is 3.62. The van der Waals surface area contributed by atoms with Gasteiger partial charge in [0.25, 0.3) is 0 Å². The van der Waals surface area contributed by atoms with E-state index < -0.39 is 0 Å². The molecule has 0 amide bonds. The summed E-state index contributed by atoms with van der Waals surface area (Å²) < 4.78 is 5.57. The molecule has 84 valence electrons. The quantitative estimate of drug-likeness (QED) is 0.338. The van der Waals surface area contributed by atoms with Crippen molar-refractivity contribution in [3.63, 3.8) is 0 Å². The summed E-state index contributed by atoms with van der Waals surface area (Å²) in [5, 5.41) is 0. The minimum absolute atomic E-state index is 0.269. The highest BCUT2D eigenvalue weighted by molar-refractivity contribution is 6.42. The number of hydrogen-bond donors (Lipinski definition) is 0. The number of aliphatic imine (C=N–C) groups is 1. The number of benzene rings is 1. The minimum atomic E-state index is -0.269. The van der Waals surface area contributed by atoms with Crippen LogP contribution in [0.2, 0.25) is 0 Å². The van der Waals surface area contributed by atoms with Gasteiger partial charge < -0.3 is 4.74 Å². The summed E-state index contributed by atoms with van der Waals surface area (Å²) in [5.74, 6) is 0.819. The van der Waals surface area contributed by atoms with Crippen molar-refractivity contribution in [2.24, 2.45) is 4.99 Å². The summed E-state index contributed by atoms with van der Waals surface area (Å²) in [6, 6.07) is 7.10. The van der Waals surface area contributed by atoms with E-state index >= 15 is 0 Å². The Balaban J connectivity index is 2.43. The van der Waals surface area contributed by atoms with E-state index in [1.807, 2.05) is 12.1 Å². The van der Waals surface area contributed by atoms with Gasteiger partial charge >= 0.3 is 0 Å². The van der Waals surface area contributed by atoms with Crippen molar-refractivity contribution in [3.05, 3.63) is 35.5 Å². The molecule has 0 fully saturated rings. The normalized spacial score (nSPS) is 9.88. The highest BCUT2D eigenvalue weighted by Crippen LogP contribution is 2.17. The first-order chi connectivity index (χ1) is 7.72. The lowest BCUT2D eigenvalue weighted by Gasteiger charge is -2.03. The summed E-state index contributed by atoms with van der Waals surface area (Å²) in [6.07, 6.45) is 2.29.